The minimum atomic E-state index is -0.117. The van der Waals surface area contributed by atoms with Crippen molar-refractivity contribution in [1.82, 2.24) is 20.0 Å². The van der Waals surface area contributed by atoms with Crippen LogP contribution < -0.4 is 0 Å². The lowest BCUT2D eigenvalue weighted by Gasteiger charge is -2.14. The molecule has 3 heterocycles. The van der Waals surface area contributed by atoms with Gasteiger partial charge in [0.25, 0.3) is 5.91 Å². The van der Waals surface area contributed by atoms with Gasteiger partial charge in [-0.3, -0.25) is 4.79 Å². The largest absolute Gasteiger partial charge is 0.396 e. The van der Waals surface area contributed by atoms with Crippen molar-refractivity contribution in [3.63, 3.8) is 0 Å². The van der Waals surface area contributed by atoms with Crippen LogP contribution in [0, 0.1) is 5.92 Å². The molecule has 1 saturated heterocycles. The van der Waals surface area contributed by atoms with Gasteiger partial charge in [0.2, 0.25) is 5.89 Å². The summed E-state index contributed by atoms with van der Waals surface area (Å²) in [5.74, 6) is 1.45. The number of aromatic nitrogens is 3. The molecular weight excluding hydrogens is 332 g/mol. The first-order valence-corrected chi connectivity index (χ1v) is 9.04. The van der Waals surface area contributed by atoms with Crippen molar-refractivity contribution >= 4 is 16.8 Å². The van der Waals surface area contributed by atoms with E-state index in [1.54, 1.807) is 4.90 Å². The number of carbonyl (C=O) groups is 1. The summed E-state index contributed by atoms with van der Waals surface area (Å²) in [5, 5.41) is 14.9. The number of H-pyrrole nitrogens is 1. The molecule has 0 radical (unpaired) electrons. The summed E-state index contributed by atoms with van der Waals surface area (Å²) in [5.41, 5.74) is 1.50. The van der Waals surface area contributed by atoms with E-state index in [1.165, 1.54) is 0 Å². The zero-order valence-electron chi connectivity index (χ0n) is 14.3. The molecule has 7 heteroatoms. The molecule has 1 aliphatic carbocycles. The first kappa shape index (κ1) is 15.6. The van der Waals surface area contributed by atoms with Crippen LogP contribution in [0.1, 0.15) is 46.9 Å². The lowest BCUT2D eigenvalue weighted by Crippen LogP contribution is -2.29. The van der Waals surface area contributed by atoms with Gasteiger partial charge in [0.15, 0.2) is 5.82 Å². The summed E-state index contributed by atoms with van der Waals surface area (Å²) in [6.45, 7) is 0.949. The number of nitrogens with zero attached hydrogens (tertiary/aromatic N) is 3. The Bertz CT molecular complexity index is 926. The van der Waals surface area contributed by atoms with Gasteiger partial charge in [-0.15, -0.1) is 0 Å². The van der Waals surface area contributed by atoms with Gasteiger partial charge in [0.05, 0.1) is 5.92 Å². The molecule has 2 aliphatic rings. The molecular formula is C19H20N4O3. The normalized spacial score (nSPS) is 23.0. The van der Waals surface area contributed by atoms with E-state index >= 15 is 0 Å². The Labute approximate surface area is 150 Å². The Balaban J connectivity index is 1.38. The number of hydrogen-bond acceptors (Lipinski definition) is 5. The van der Waals surface area contributed by atoms with E-state index in [2.05, 4.69) is 15.1 Å². The standard InChI is InChI=1S/C19H20N4O3/c24-10-13-8-23(9-14(13)18-21-17(22-26-18)11-5-6-11)19(25)16-7-12-3-1-2-4-15(12)20-16/h1-4,7,11,13-14,20,24H,5-6,8-10H2. The van der Waals surface area contributed by atoms with Crippen LogP contribution in [0.5, 0.6) is 0 Å². The van der Waals surface area contributed by atoms with E-state index in [9.17, 15) is 9.90 Å². The second-order valence-electron chi connectivity index (χ2n) is 7.29. The maximum Gasteiger partial charge on any atom is 0.270 e. The molecule has 1 aromatic carbocycles. The molecule has 1 saturated carbocycles. The van der Waals surface area contributed by atoms with Gasteiger partial charge in [-0.2, -0.15) is 4.98 Å². The summed E-state index contributed by atoms with van der Waals surface area (Å²) in [6.07, 6.45) is 2.22. The topological polar surface area (TPSA) is 95.2 Å². The number of rotatable bonds is 4. The van der Waals surface area contributed by atoms with Crippen molar-refractivity contribution < 1.29 is 14.4 Å². The van der Waals surface area contributed by atoms with E-state index in [-0.39, 0.29) is 24.3 Å². The molecule has 2 aromatic heterocycles. The van der Waals surface area contributed by atoms with Crippen molar-refractivity contribution in [1.29, 1.82) is 0 Å². The van der Waals surface area contributed by atoms with Gasteiger partial charge in [0, 0.05) is 42.4 Å². The zero-order chi connectivity index (χ0) is 17.7. The van der Waals surface area contributed by atoms with Crippen molar-refractivity contribution in [3.8, 4) is 0 Å². The lowest BCUT2D eigenvalue weighted by molar-refractivity contribution is 0.0776. The average Bonchev–Trinajstić information content (AvgIpc) is 3.11. The first-order valence-electron chi connectivity index (χ1n) is 9.04. The second kappa shape index (κ2) is 5.95. The van der Waals surface area contributed by atoms with Crippen LogP contribution in [-0.2, 0) is 0 Å². The van der Waals surface area contributed by atoms with Crippen LogP contribution in [-0.4, -0.2) is 50.7 Å². The summed E-state index contributed by atoms with van der Waals surface area (Å²) in [4.78, 5) is 22.4. The van der Waals surface area contributed by atoms with Crippen molar-refractivity contribution in [3.05, 3.63) is 47.7 Å². The number of fused-ring (bicyclic) bond motifs is 1. The molecule has 134 valence electrons. The third-order valence-corrected chi connectivity index (χ3v) is 5.44. The van der Waals surface area contributed by atoms with Gasteiger partial charge in [-0.25, -0.2) is 0 Å². The Morgan fingerprint density at radius 3 is 2.92 bits per heavy atom. The van der Waals surface area contributed by atoms with Crippen LogP contribution >= 0.6 is 0 Å². The number of nitrogens with one attached hydrogen (secondary N) is 1. The third kappa shape index (κ3) is 2.59. The minimum Gasteiger partial charge on any atom is -0.396 e. The highest BCUT2D eigenvalue weighted by atomic mass is 16.5. The number of benzene rings is 1. The number of aliphatic hydroxyl groups is 1. The number of carbonyl (C=O) groups excluding carboxylic acids is 1. The molecule has 0 bridgehead atoms. The molecule has 0 spiro atoms. The molecule has 1 aliphatic heterocycles. The van der Waals surface area contributed by atoms with Gasteiger partial charge in [0.1, 0.15) is 5.69 Å². The smallest absolute Gasteiger partial charge is 0.270 e. The zero-order valence-corrected chi connectivity index (χ0v) is 14.3. The summed E-state index contributed by atoms with van der Waals surface area (Å²) in [7, 11) is 0. The number of para-hydroxylation sites is 1. The van der Waals surface area contributed by atoms with Crippen molar-refractivity contribution in [2.45, 2.75) is 24.7 Å². The SMILES string of the molecule is O=C(c1cc2ccccc2[nH]1)N1CC(CO)C(c2nc(C3CC3)no2)C1. The number of aromatic amines is 1. The highest BCUT2D eigenvalue weighted by molar-refractivity contribution is 5.98. The maximum absolute atomic E-state index is 12.9. The molecule has 5 rings (SSSR count). The van der Waals surface area contributed by atoms with Crippen LogP contribution in [0.4, 0.5) is 0 Å². The summed E-state index contributed by atoms with van der Waals surface area (Å²) in [6, 6.07) is 9.69. The number of amides is 1. The number of aliphatic hydroxyl groups excluding tert-OH is 1. The third-order valence-electron chi connectivity index (χ3n) is 5.44. The fourth-order valence-corrected chi connectivity index (χ4v) is 3.77. The minimum absolute atomic E-state index is 0.0116. The highest BCUT2D eigenvalue weighted by Gasteiger charge is 2.40. The lowest BCUT2D eigenvalue weighted by atomic mass is 9.97. The van der Waals surface area contributed by atoms with Crippen molar-refractivity contribution in [2.75, 3.05) is 19.7 Å². The van der Waals surface area contributed by atoms with Crippen LogP contribution in [0.25, 0.3) is 10.9 Å². The van der Waals surface area contributed by atoms with Gasteiger partial charge in [-0.1, -0.05) is 23.4 Å². The van der Waals surface area contributed by atoms with Crippen LogP contribution in [0.3, 0.4) is 0 Å². The first-order chi connectivity index (χ1) is 12.7. The summed E-state index contributed by atoms with van der Waals surface area (Å²) < 4.78 is 5.45. The van der Waals surface area contributed by atoms with Gasteiger partial charge < -0.3 is 19.5 Å². The predicted molar refractivity (Wildman–Crippen MR) is 93.8 cm³/mol. The summed E-state index contributed by atoms with van der Waals surface area (Å²) >= 11 is 0. The van der Waals surface area contributed by atoms with Crippen molar-refractivity contribution in [2.24, 2.45) is 5.92 Å². The fourth-order valence-electron chi connectivity index (χ4n) is 3.77. The number of likely N-dealkylation sites (tertiary alicyclic amines) is 1. The maximum atomic E-state index is 12.9. The predicted octanol–water partition coefficient (Wildman–Crippen LogP) is 2.28. The molecule has 3 aromatic rings. The highest BCUT2D eigenvalue weighted by Crippen LogP contribution is 2.40. The Hall–Kier alpha value is -2.67. The van der Waals surface area contributed by atoms with E-state index in [4.69, 9.17) is 4.52 Å². The van der Waals surface area contributed by atoms with E-state index in [0.717, 1.165) is 29.6 Å². The van der Waals surface area contributed by atoms with E-state index in [1.807, 2.05) is 30.3 Å². The Kier molecular flexibility index (Phi) is 3.56. The molecule has 1 amide bonds. The average molecular weight is 352 g/mol. The van der Waals surface area contributed by atoms with E-state index in [0.29, 0.717) is 30.6 Å². The van der Waals surface area contributed by atoms with Crippen LogP contribution in [0.15, 0.2) is 34.9 Å². The quantitative estimate of drug-likeness (QED) is 0.751. The molecule has 2 unspecified atom stereocenters. The Morgan fingerprint density at radius 1 is 1.31 bits per heavy atom. The molecule has 2 N–H and O–H groups in total. The fraction of sp³-hybridized carbons (Fsp3) is 0.421. The van der Waals surface area contributed by atoms with Crippen LogP contribution in [0.2, 0.25) is 0 Å². The molecule has 2 fully saturated rings. The molecule has 26 heavy (non-hydrogen) atoms. The molecule has 2 atom stereocenters. The Morgan fingerprint density at radius 2 is 2.15 bits per heavy atom. The van der Waals surface area contributed by atoms with E-state index < -0.39 is 0 Å². The molecule has 7 nitrogen and oxygen atoms in total. The number of hydrogen-bond donors (Lipinski definition) is 2. The second-order valence-corrected chi connectivity index (χ2v) is 7.29. The monoisotopic (exact) mass is 352 g/mol. The van der Waals surface area contributed by atoms with Gasteiger partial charge >= 0.3 is 0 Å². The van der Waals surface area contributed by atoms with Gasteiger partial charge in [-0.05, 0) is 25.0 Å².